The summed E-state index contributed by atoms with van der Waals surface area (Å²) in [5, 5.41) is -0.0295. The maximum atomic E-state index is 15.0. The summed E-state index contributed by atoms with van der Waals surface area (Å²) in [6.07, 6.45) is -0.667. The van der Waals surface area contributed by atoms with Gasteiger partial charge in [-0.05, 0) is 94.3 Å². The Morgan fingerprint density at radius 1 is 0.976 bits per heavy atom. The van der Waals surface area contributed by atoms with Gasteiger partial charge >= 0.3 is 6.09 Å². The van der Waals surface area contributed by atoms with Crippen LogP contribution in [0.5, 0.6) is 0 Å². The molecule has 1 N–H and O–H groups in total. The number of aryl methyl sites for hydroxylation is 2. The first-order valence-corrected chi connectivity index (χ1v) is 15.1. The molecule has 0 aromatic heterocycles. The van der Waals surface area contributed by atoms with Gasteiger partial charge in [0.2, 0.25) is 0 Å². The van der Waals surface area contributed by atoms with E-state index in [1.165, 1.54) is 21.9 Å². The highest BCUT2D eigenvalue weighted by Crippen LogP contribution is 2.33. The molecule has 2 amide bonds. The number of carbonyl (C=O) groups excluding carboxylic acids is 2. The normalized spacial score (nSPS) is 15.9. The minimum atomic E-state index is -4.12. The summed E-state index contributed by atoms with van der Waals surface area (Å²) < 4.78 is 63.7. The van der Waals surface area contributed by atoms with Crippen molar-refractivity contribution in [2.45, 2.75) is 51.2 Å². The number of benzene rings is 3. The topological polar surface area (TPSA) is 96.0 Å². The fourth-order valence-corrected chi connectivity index (χ4v) is 5.84. The summed E-state index contributed by atoms with van der Waals surface area (Å²) in [4.78, 5) is 29.1. The van der Waals surface area contributed by atoms with Crippen LogP contribution in [0, 0.1) is 25.5 Å². The van der Waals surface area contributed by atoms with Crippen LogP contribution in [-0.2, 0) is 14.8 Å². The zero-order chi connectivity index (χ0) is 31.0. The predicted octanol–water partition coefficient (Wildman–Crippen LogP) is 6.47. The van der Waals surface area contributed by atoms with Crippen LogP contribution in [0.15, 0.2) is 59.5 Å². The third-order valence-electron chi connectivity index (χ3n) is 6.85. The first-order chi connectivity index (χ1) is 19.6. The second-order valence-corrected chi connectivity index (χ2v) is 13.2. The van der Waals surface area contributed by atoms with E-state index in [0.29, 0.717) is 5.69 Å². The maximum Gasteiger partial charge on any atom is 0.410 e. The number of halogens is 3. The third-order valence-corrected chi connectivity index (χ3v) is 8.56. The number of sulfonamides is 1. The van der Waals surface area contributed by atoms with E-state index in [1.54, 1.807) is 39.0 Å². The number of rotatable bonds is 5. The lowest BCUT2D eigenvalue weighted by Crippen LogP contribution is -2.53. The Kier molecular flexibility index (Phi) is 8.84. The fraction of sp³-hybridized carbons (Fsp3) is 0.333. The molecule has 1 heterocycles. The minimum absolute atomic E-state index is 0.0295. The van der Waals surface area contributed by atoms with E-state index in [4.69, 9.17) is 16.3 Å². The lowest BCUT2D eigenvalue weighted by Gasteiger charge is -2.42. The molecule has 0 saturated carbocycles. The van der Waals surface area contributed by atoms with E-state index in [9.17, 15) is 26.8 Å². The predicted molar refractivity (Wildman–Crippen MR) is 156 cm³/mol. The number of piperazine rings is 1. The van der Waals surface area contributed by atoms with Gasteiger partial charge in [0.1, 0.15) is 17.2 Å². The van der Waals surface area contributed by atoms with Gasteiger partial charge in [-0.1, -0.05) is 17.7 Å². The zero-order valence-electron chi connectivity index (χ0n) is 23.9. The molecule has 0 bridgehead atoms. The van der Waals surface area contributed by atoms with Crippen LogP contribution in [0.4, 0.5) is 19.3 Å². The highest BCUT2D eigenvalue weighted by Gasteiger charge is 2.38. The molecule has 1 saturated heterocycles. The number of hydrogen-bond donors (Lipinski definition) is 1. The third kappa shape index (κ3) is 7.01. The average Bonchev–Trinajstić information content (AvgIpc) is 2.90. The Morgan fingerprint density at radius 3 is 2.36 bits per heavy atom. The molecule has 0 spiro atoms. The summed E-state index contributed by atoms with van der Waals surface area (Å²) in [5.41, 5.74) is 1.15. The van der Waals surface area contributed by atoms with Crippen LogP contribution in [-0.4, -0.2) is 55.5 Å². The minimum Gasteiger partial charge on any atom is -0.444 e. The Balaban J connectivity index is 1.69. The van der Waals surface area contributed by atoms with E-state index in [1.807, 2.05) is 13.8 Å². The van der Waals surface area contributed by atoms with Gasteiger partial charge in [-0.15, -0.1) is 0 Å². The van der Waals surface area contributed by atoms with Gasteiger partial charge in [0, 0.05) is 30.9 Å². The molecule has 1 aliphatic heterocycles. The van der Waals surface area contributed by atoms with Crippen LogP contribution in [0.3, 0.4) is 0 Å². The van der Waals surface area contributed by atoms with Gasteiger partial charge < -0.3 is 14.5 Å². The molecule has 1 unspecified atom stereocenters. The number of amides is 2. The maximum absolute atomic E-state index is 15.0. The summed E-state index contributed by atoms with van der Waals surface area (Å²) >= 11 is 6.38. The van der Waals surface area contributed by atoms with Gasteiger partial charge in [-0.3, -0.25) is 9.52 Å². The van der Waals surface area contributed by atoms with Crippen molar-refractivity contribution < 1.29 is 31.5 Å². The van der Waals surface area contributed by atoms with Crippen molar-refractivity contribution >= 4 is 39.3 Å². The molecule has 3 aromatic rings. The lowest BCUT2D eigenvalue weighted by atomic mass is 10.00. The quantitative estimate of drug-likeness (QED) is 0.353. The van der Waals surface area contributed by atoms with Gasteiger partial charge in [0.05, 0.1) is 21.5 Å². The van der Waals surface area contributed by atoms with Crippen molar-refractivity contribution in [2.24, 2.45) is 0 Å². The SMILES string of the molecule is Cc1ccc(NS(=O)(=O)c2ccc(Cl)c(C(=O)N3CCN(C(=O)OC(C)(C)C)CC3c3cc(F)ccc3F)c2)cc1C. The summed E-state index contributed by atoms with van der Waals surface area (Å²) in [6.45, 7) is 8.63. The van der Waals surface area contributed by atoms with E-state index in [2.05, 4.69) is 4.72 Å². The standard InChI is InChI=1S/C30H32ClF2N3O5S/c1-18-6-8-21(14-19(18)2)34-42(39,40)22-9-10-25(31)23(16-22)28(37)36-13-12-35(29(38)41-30(3,4)5)17-27(36)24-15-20(32)7-11-26(24)33/h6-11,14-16,27,34H,12-13,17H2,1-5H3. The molecule has 0 aliphatic carbocycles. The second kappa shape index (κ2) is 11.9. The van der Waals surface area contributed by atoms with Gasteiger partial charge in [-0.25, -0.2) is 22.0 Å². The molecule has 42 heavy (non-hydrogen) atoms. The van der Waals surface area contributed by atoms with Crippen molar-refractivity contribution in [1.29, 1.82) is 0 Å². The molecule has 3 aromatic carbocycles. The Hall–Kier alpha value is -3.70. The number of nitrogens with zero attached hydrogens (tertiary/aromatic N) is 2. The van der Waals surface area contributed by atoms with E-state index >= 15 is 0 Å². The smallest absolute Gasteiger partial charge is 0.410 e. The number of nitrogens with one attached hydrogen (secondary N) is 1. The van der Waals surface area contributed by atoms with Crippen LogP contribution in [0.2, 0.25) is 5.02 Å². The average molecular weight is 620 g/mol. The Morgan fingerprint density at radius 2 is 1.69 bits per heavy atom. The van der Waals surface area contributed by atoms with E-state index < -0.39 is 45.3 Å². The number of hydrogen-bond acceptors (Lipinski definition) is 5. The van der Waals surface area contributed by atoms with Crippen LogP contribution in [0.25, 0.3) is 0 Å². The van der Waals surface area contributed by atoms with Gasteiger partial charge in [0.25, 0.3) is 15.9 Å². The summed E-state index contributed by atoms with van der Waals surface area (Å²) in [5.74, 6) is -2.21. The van der Waals surface area contributed by atoms with Crippen molar-refractivity contribution in [3.05, 3.63) is 93.5 Å². The highest BCUT2D eigenvalue weighted by molar-refractivity contribution is 7.92. The Bertz CT molecular complexity index is 1640. The van der Waals surface area contributed by atoms with Crippen LogP contribution < -0.4 is 4.72 Å². The zero-order valence-corrected chi connectivity index (χ0v) is 25.4. The van der Waals surface area contributed by atoms with Crippen molar-refractivity contribution in [1.82, 2.24) is 9.80 Å². The van der Waals surface area contributed by atoms with Crippen LogP contribution >= 0.6 is 11.6 Å². The fourth-order valence-electron chi connectivity index (χ4n) is 4.56. The van der Waals surface area contributed by atoms with Crippen molar-refractivity contribution in [3.8, 4) is 0 Å². The monoisotopic (exact) mass is 619 g/mol. The number of carbonyl (C=O) groups is 2. The molecule has 1 atom stereocenters. The van der Waals surface area contributed by atoms with E-state index in [0.717, 1.165) is 35.4 Å². The molecule has 0 radical (unpaired) electrons. The largest absolute Gasteiger partial charge is 0.444 e. The van der Waals surface area contributed by atoms with Crippen molar-refractivity contribution in [3.63, 3.8) is 0 Å². The number of anilines is 1. The molecule has 8 nitrogen and oxygen atoms in total. The highest BCUT2D eigenvalue weighted by atomic mass is 35.5. The first-order valence-electron chi connectivity index (χ1n) is 13.2. The first kappa shape index (κ1) is 31.2. The molecular weight excluding hydrogens is 588 g/mol. The molecule has 4 rings (SSSR count). The summed E-state index contributed by atoms with van der Waals surface area (Å²) in [7, 11) is -4.12. The molecule has 224 valence electrons. The van der Waals surface area contributed by atoms with E-state index in [-0.39, 0.29) is 40.7 Å². The number of ether oxygens (including phenoxy) is 1. The molecule has 12 heteroatoms. The molecular formula is C30H32ClF2N3O5S. The van der Waals surface area contributed by atoms with Crippen molar-refractivity contribution in [2.75, 3.05) is 24.4 Å². The second-order valence-electron chi connectivity index (χ2n) is 11.2. The molecule has 1 aliphatic rings. The van der Waals surface area contributed by atoms with Crippen LogP contribution in [0.1, 0.15) is 53.9 Å². The van der Waals surface area contributed by atoms with Gasteiger partial charge in [-0.2, -0.15) is 0 Å². The molecule has 1 fully saturated rings. The van der Waals surface area contributed by atoms with Gasteiger partial charge in [0.15, 0.2) is 0 Å². The summed E-state index contributed by atoms with van der Waals surface area (Å²) in [6, 6.07) is 10.6. The Labute approximate surface area is 249 Å². The lowest BCUT2D eigenvalue weighted by molar-refractivity contribution is 0.00369.